The highest BCUT2D eigenvalue weighted by molar-refractivity contribution is 5.72. The summed E-state index contributed by atoms with van der Waals surface area (Å²) < 4.78 is 6.29. The van der Waals surface area contributed by atoms with Crippen molar-refractivity contribution in [2.45, 2.75) is 70.3 Å². The number of ether oxygens (including phenoxy) is 1. The Hall–Kier alpha value is -0.570. The molecule has 0 aromatic rings. The first-order valence-electron chi connectivity index (χ1n) is 9.64. The zero-order valence-corrected chi connectivity index (χ0v) is 14.1. The summed E-state index contributed by atoms with van der Waals surface area (Å²) in [7, 11) is 0. The van der Waals surface area contributed by atoms with Gasteiger partial charge in [0.15, 0.2) is 0 Å². The largest absolute Gasteiger partial charge is 0.458 e. The predicted molar refractivity (Wildman–Crippen MR) is 86.5 cm³/mol. The van der Waals surface area contributed by atoms with Crippen LogP contribution >= 0.6 is 0 Å². The van der Waals surface area contributed by atoms with Gasteiger partial charge in [0.2, 0.25) is 0 Å². The van der Waals surface area contributed by atoms with Crippen molar-refractivity contribution >= 4 is 5.97 Å². The Morgan fingerprint density at radius 2 is 1.59 bits per heavy atom. The number of esters is 1. The van der Waals surface area contributed by atoms with Crippen molar-refractivity contribution in [3.8, 4) is 0 Å². The van der Waals surface area contributed by atoms with E-state index >= 15 is 0 Å². The van der Waals surface area contributed by atoms with Gasteiger partial charge in [0.25, 0.3) is 0 Å². The van der Waals surface area contributed by atoms with Gasteiger partial charge in [0, 0.05) is 0 Å². The minimum absolute atomic E-state index is 0.0521. The second kappa shape index (κ2) is 5.81. The maximum atomic E-state index is 12.6. The van der Waals surface area contributed by atoms with Crippen LogP contribution in [0.3, 0.4) is 0 Å². The Morgan fingerprint density at radius 1 is 1.00 bits per heavy atom. The highest BCUT2D eigenvalue weighted by atomic mass is 16.6. The van der Waals surface area contributed by atoms with Gasteiger partial charge in [-0.2, -0.15) is 0 Å². The molecule has 124 valence electrons. The van der Waals surface area contributed by atoms with Crippen LogP contribution in [0.4, 0.5) is 0 Å². The molecule has 0 radical (unpaired) electrons. The van der Waals surface area contributed by atoms with Crippen molar-refractivity contribution < 1.29 is 9.53 Å². The van der Waals surface area contributed by atoms with Crippen molar-refractivity contribution in [2.24, 2.45) is 23.7 Å². The van der Waals surface area contributed by atoms with Crippen LogP contribution in [0.2, 0.25) is 0 Å². The number of carbonyl (C=O) groups excluding carboxylic acids is 1. The quantitative estimate of drug-likeness (QED) is 0.743. The lowest BCUT2D eigenvalue weighted by atomic mass is 9.49. The third-order valence-electron chi connectivity index (χ3n) is 7.18. The maximum absolute atomic E-state index is 12.6. The van der Waals surface area contributed by atoms with Crippen LogP contribution in [0.15, 0.2) is 0 Å². The summed E-state index contributed by atoms with van der Waals surface area (Å²) in [4.78, 5) is 14.9. The van der Waals surface area contributed by atoms with Crippen LogP contribution in [0.5, 0.6) is 0 Å². The van der Waals surface area contributed by atoms with Gasteiger partial charge in [-0.1, -0.05) is 13.3 Å². The maximum Gasteiger partial charge on any atom is 0.320 e. The van der Waals surface area contributed by atoms with Gasteiger partial charge in [-0.15, -0.1) is 0 Å². The molecule has 1 aliphatic heterocycles. The minimum atomic E-state index is -0.111. The van der Waals surface area contributed by atoms with Crippen LogP contribution in [0, 0.1) is 23.7 Å². The molecule has 3 heteroatoms. The molecule has 3 nitrogen and oxygen atoms in total. The van der Waals surface area contributed by atoms with E-state index in [1.54, 1.807) is 0 Å². The molecule has 1 saturated heterocycles. The van der Waals surface area contributed by atoms with E-state index in [2.05, 4.69) is 11.8 Å². The van der Waals surface area contributed by atoms with Crippen molar-refractivity contribution in [2.75, 3.05) is 19.6 Å². The molecule has 1 heterocycles. The number of hydrogen-bond acceptors (Lipinski definition) is 3. The number of carbonyl (C=O) groups is 1. The molecular formula is C19H31NO2. The lowest BCUT2D eigenvalue weighted by Gasteiger charge is -2.60. The minimum Gasteiger partial charge on any atom is -0.458 e. The first-order valence-corrected chi connectivity index (χ1v) is 9.64. The van der Waals surface area contributed by atoms with E-state index in [1.807, 2.05) is 0 Å². The molecule has 0 spiro atoms. The normalized spacial score (nSPS) is 44.2. The summed E-state index contributed by atoms with van der Waals surface area (Å²) in [5.74, 6) is 3.22. The average molecular weight is 305 g/mol. The Morgan fingerprint density at radius 3 is 2.14 bits per heavy atom. The molecule has 5 aliphatic rings. The highest BCUT2D eigenvalue weighted by Crippen LogP contribution is 2.60. The highest BCUT2D eigenvalue weighted by Gasteiger charge is 2.58. The number of hydrogen-bond donors (Lipinski definition) is 0. The summed E-state index contributed by atoms with van der Waals surface area (Å²) >= 11 is 0. The van der Waals surface area contributed by atoms with Gasteiger partial charge < -0.3 is 4.74 Å². The Bertz CT molecular complexity index is 399. The Kier molecular flexibility index (Phi) is 3.96. The summed E-state index contributed by atoms with van der Waals surface area (Å²) in [5, 5.41) is 0. The van der Waals surface area contributed by atoms with Crippen LogP contribution in [-0.4, -0.2) is 36.1 Å². The van der Waals surface area contributed by atoms with Gasteiger partial charge >= 0.3 is 5.97 Å². The number of piperidine rings is 1. The summed E-state index contributed by atoms with van der Waals surface area (Å²) in [6.07, 6.45) is 11.5. The first kappa shape index (κ1) is 15.0. The second-order valence-electron chi connectivity index (χ2n) is 8.42. The van der Waals surface area contributed by atoms with Crippen molar-refractivity contribution in [1.82, 2.24) is 4.90 Å². The Balaban J connectivity index is 1.44. The van der Waals surface area contributed by atoms with Crippen molar-refractivity contribution in [1.29, 1.82) is 0 Å². The third kappa shape index (κ3) is 2.50. The van der Waals surface area contributed by atoms with E-state index in [-0.39, 0.29) is 11.6 Å². The summed E-state index contributed by atoms with van der Waals surface area (Å²) in [6, 6.07) is 0. The third-order valence-corrected chi connectivity index (χ3v) is 7.18. The zero-order valence-electron chi connectivity index (χ0n) is 14.1. The van der Waals surface area contributed by atoms with Crippen molar-refractivity contribution in [3.05, 3.63) is 0 Å². The van der Waals surface area contributed by atoms with Gasteiger partial charge in [0.1, 0.15) is 5.60 Å². The lowest BCUT2D eigenvalue weighted by Crippen LogP contribution is -2.59. The monoisotopic (exact) mass is 305 g/mol. The SMILES string of the molecule is CCC1(OC(=O)CN2CCCCC2)C2CC3CC(C2)CC1C3. The van der Waals surface area contributed by atoms with E-state index in [1.165, 1.54) is 51.4 Å². The molecule has 22 heavy (non-hydrogen) atoms. The van der Waals surface area contributed by atoms with E-state index < -0.39 is 0 Å². The fourth-order valence-electron chi connectivity index (χ4n) is 6.34. The van der Waals surface area contributed by atoms with Crippen molar-refractivity contribution in [3.63, 3.8) is 0 Å². The fraction of sp³-hybridized carbons (Fsp3) is 0.947. The van der Waals surface area contributed by atoms with E-state index in [0.717, 1.165) is 31.3 Å². The van der Waals surface area contributed by atoms with Gasteiger partial charge in [-0.3, -0.25) is 9.69 Å². The molecule has 4 bridgehead atoms. The number of likely N-dealkylation sites (tertiary alicyclic amines) is 1. The summed E-state index contributed by atoms with van der Waals surface area (Å²) in [6.45, 7) is 4.92. The average Bonchev–Trinajstić information content (AvgIpc) is 2.51. The molecule has 0 amide bonds. The molecule has 5 fully saturated rings. The lowest BCUT2D eigenvalue weighted by molar-refractivity contribution is -0.211. The topological polar surface area (TPSA) is 29.5 Å². The zero-order chi connectivity index (χ0) is 15.2. The van der Waals surface area contributed by atoms with E-state index in [9.17, 15) is 4.79 Å². The van der Waals surface area contributed by atoms with Gasteiger partial charge in [0.05, 0.1) is 6.54 Å². The van der Waals surface area contributed by atoms with Crippen LogP contribution < -0.4 is 0 Å². The van der Waals surface area contributed by atoms with Crippen LogP contribution in [-0.2, 0) is 9.53 Å². The van der Waals surface area contributed by atoms with E-state index in [0.29, 0.717) is 18.4 Å². The molecule has 4 saturated carbocycles. The number of rotatable bonds is 4. The van der Waals surface area contributed by atoms with Gasteiger partial charge in [-0.25, -0.2) is 0 Å². The molecule has 0 unspecified atom stereocenters. The standard InChI is InChI=1S/C19H31NO2/c1-2-19(22-18(21)13-20-6-4-3-5-7-20)16-9-14-8-15(11-16)12-17(19)10-14/h14-17H,2-13H2,1H3. The Labute approximate surface area is 134 Å². The number of nitrogens with zero attached hydrogens (tertiary/aromatic N) is 1. The molecular weight excluding hydrogens is 274 g/mol. The predicted octanol–water partition coefficient (Wildman–Crippen LogP) is 3.62. The van der Waals surface area contributed by atoms with Gasteiger partial charge in [-0.05, 0) is 88.1 Å². The molecule has 0 N–H and O–H groups in total. The second-order valence-corrected chi connectivity index (χ2v) is 8.42. The smallest absolute Gasteiger partial charge is 0.320 e. The first-order chi connectivity index (χ1) is 10.7. The van der Waals surface area contributed by atoms with E-state index in [4.69, 9.17) is 4.74 Å². The molecule has 5 rings (SSSR count). The molecule has 0 atom stereocenters. The van der Waals surface area contributed by atoms with Crippen LogP contribution in [0.25, 0.3) is 0 Å². The van der Waals surface area contributed by atoms with Crippen LogP contribution in [0.1, 0.15) is 64.7 Å². The molecule has 0 aromatic heterocycles. The molecule has 0 aromatic carbocycles. The molecule has 4 aliphatic carbocycles. The fourth-order valence-corrected chi connectivity index (χ4v) is 6.34. The summed E-state index contributed by atoms with van der Waals surface area (Å²) in [5.41, 5.74) is -0.111.